The molecule has 0 amide bonds. The van der Waals surface area contributed by atoms with Gasteiger partial charge in [0.25, 0.3) is 0 Å². The molecule has 0 spiro atoms. The molecule has 156 valence electrons. The molecule has 0 aliphatic carbocycles. The number of aromatic hydroxyl groups is 1. The second-order valence-corrected chi connectivity index (χ2v) is 8.95. The normalized spacial score (nSPS) is 21.3. The Bertz CT molecular complexity index is 1160. The minimum atomic E-state index is -0.229. The summed E-state index contributed by atoms with van der Waals surface area (Å²) >= 11 is 8.00. The summed E-state index contributed by atoms with van der Waals surface area (Å²) in [4.78, 5) is 8.21. The van der Waals surface area contributed by atoms with Crippen LogP contribution in [0.3, 0.4) is 0 Å². The quantitative estimate of drug-likeness (QED) is 0.495. The van der Waals surface area contributed by atoms with Crippen LogP contribution >= 0.6 is 22.9 Å². The number of thiazole rings is 1. The fourth-order valence-electron chi connectivity index (χ4n) is 4.07. The van der Waals surface area contributed by atoms with Crippen LogP contribution in [-0.4, -0.2) is 49.9 Å². The highest BCUT2D eigenvalue weighted by Gasteiger charge is 2.35. The van der Waals surface area contributed by atoms with Crippen molar-refractivity contribution in [2.75, 3.05) is 13.1 Å². The summed E-state index contributed by atoms with van der Waals surface area (Å²) in [7, 11) is 0. The first kappa shape index (κ1) is 19.6. The largest absolute Gasteiger partial charge is 0.492 e. The van der Waals surface area contributed by atoms with Crippen molar-refractivity contribution in [3.63, 3.8) is 0 Å². The van der Waals surface area contributed by atoms with E-state index in [9.17, 15) is 5.11 Å². The molecule has 30 heavy (non-hydrogen) atoms. The van der Waals surface area contributed by atoms with Crippen LogP contribution in [0.1, 0.15) is 30.3 Å². The number of hydrogen-bond acceptors (Lipinski definition) is 7. The molecule has 1 aromatic carbocycles. The van der Waals surface area contributed by atoms with Crippen molar-refractivity contribution in [1.82, 2.24) is 19.5 Å². The molecule has 1 saturated heterocycles. The van der Waals surface area contributed by atoms with Crippen molar-refractivity contribution in [1.29, 1.82) is 0 Å². The molecule has 0 saturated carbocycles. The maximum absolute atomic E-state index is 11.1. The van der Waals surface area contributed by atoms with Crippen LogP contribution < -0.4 is 0 Å². The summed E-state index contributed by atoms with van der Waals surface area (Å²) in [6.45, 7) is 5.57. The molecule has 1 aliphatic rings. The smallest absolute Gasteiger partial charge is 0.230 e. The van der Waals surface area contributed by atoms with E-state index in [1.54, 1.807) is 18.4 Å². The van der Waals surface area contributed by atoms with Gasteiger partial charge in [-0.1, -0.05) is 41.1 Å². The van der Waals surface area contributed by atoms with Gasteiger partial charge in [-0.3, -0.25) is 4.90 Å². The Morgan fingerprint density at radius 2 is 1.93 bits per heavy atom. The molecule has 7 nitrogen and oxygen atoms in total. The number of nitrogens with zero attached hydrogens (tertiary/aromatic N) is 4. The minimum Gasteiger partial charge on any atom is -0.492 e. The van der Waals surface area contributed by atoms with Crippen LogP contribution in [0.2, 0.25) is 5.02 Å². The third-order valence-corrected chi connectivity index (χ3v) is 6.62. The van der Waals surface area contributed by atoms with E-state index in [0.717, 1.165) is 23.5 Å². The second-order valence-electron chi connectivity index (χ2n) is 7.53. The average Bonchev–Trinajstić information content (AvgIpc) is 3.42. The summed E-state index contributed by atoms with van der Waals surface area (Å²) in [6.07, 6.45) is 1.73. The first-order chi connectivity index (χ1) is 14.5. The summed E-state index contributed by atoms with van der Waals surface area (Å²) < 4.78 is 12.8. The topological polar surface area (TPSA) is 76.0 Å². The van der Waals surface area contributed by atoms with Crippen molar-refractivity contribution < 1.29 is 14.3 Å². The summed E-state index contributed by atoms with van der Waals surface area (Å²) in [6, 6.07) is 11.1. The van der Waals surface area contributed by atoms with Crippen LogP contribution in [0.25, 0.3) is 16.5 Å². The number of ether oxygens (including phenoxy) is 1. The maximum Gasteiger partial charge on any atom is 0.230 e. The standard InChI is InChI=1S/C21H21ClN4O3S/c1-12-10-25(11-13(2)29-12)17(14-6-3-4-7-15(14)22)18-20(27)26-21(30-18)23-19(24-26)16-8-5-9-28-16/h3-9,12-13,17,27H,10-11H2,1-2H3/t12-,13-,17-/m1/s1. The van der Waals surface area contributed by atoms with E-state index in [1.165, 1.54) is 15.9 Å². The zero-order valence-corrected chi connectivity index (χ0v) is 18.1. The molecule has 1 fully saturated rings. The molecule has 0 bridgehead atoms. The predicted octanol–water partition coefficient (Wildman–Crippen LogP) is 4.61. The number of furan rings is 1. The molecular formula is C21H21ClN4O3S. The van der Waals surface area contributed by atoms with E-state index in [0.29, 0.717) is 21.6 Å². The zero-order chi connectivity index (χ0) is 20.8. The number of rotatable bonds is 4. The van der Waals surface area contributed by atoms with Crippen LogP contribution in [0.5, 0.6) is 5.88 Å². The van der Waals surface area contributed by atoms with Gasteiger partial charge >= 0.3 is 0 Å². The van der Waals surface area contributed by atoms with E-state index in [-0.39, 0.29) is 24.1 Å². The fourth-order valence-corrected chi connectivity index (χ4v) is 5.41. The molecule has 0 radical (unpaired) electrons. The van der Waals surface area contributed by atoms with Crippen molar-refractivity contribution in [3.05, 3.63) is 58.1 Å². The van der Waals surface area contributed by atoms with Gasteiger partial charge in [0, 0.05) is 18.1 Å². The number of hydrogen-bond donors (Lipinski definition) is 1. The van der Waals surface area contributed by atoms with Gasteiger partial charge in [-0.25, -0.2) is 0 Å². The Morgan fingerprint density at radius 3 is 2.60 bits per heavy atom. The van der Waals surface area contributed by atoms with Gasteiger partial charge in [-0.05, 0) is 37.6 Å². The molecular weight excluding hydrogens is 424 g/mol. The van der Waals surface area contributed by atoms with E-state index < -0.39 is 0 Å². The molecule has 4 heterocycles. The highest BCUT2D eigenvalue weighted by Crippen LogP contribution is 2.43. The van der Waals surface area contributed by atoms with Crippen molar-refractivity contribution in [2.24, 2.45) is 0 Å². The number of morpholine rings is 1. The maximum atomic E-state index is 11.1. The lowest BCUT2D eigenvalue weighted by Gasteiger charge is -2.40. The molecule has 0 unspecified atom stereocenters. The SMILES string of the molecule is C[C@@H]1CN([C@H](c2ccccc2Cl)c2sc3nc(-c4ccco4)nn3c2O)C[C@@H](C)O1. The van der Waals surface area contributed by atoms with Gasteiger partial charge in [-0.15, -0.1) is 5.10 Å². The van der Waals surface area contributed by atoms with Gasteiger partial charge in [0.05, 0.1) is 29.4 Å². The number of halogens is 1. The Morgan fingerprint density at radius 1 is 1.17 bits per heavy atom. The summed E-state index contributed by atoms with van der Waals surface area (Å²) in [5, 5.41) is 16.2. The third kappa shape index (κ3) is 3.39. The first-order valence-electron chi connectivity index (χ1n) is 9.77. The lowest BCUT2D eigenvalue weighted by Crippen LogP contribution is -2.47. The second kappa shape index (κ2) is 7.70. The monoisotopic (exact) mass is 444 g/mol. The van der Waals surface area contributed by atoms with E-state index in [1.807, 2.05) is 24.3 Å². The number of aromatic nitrogens is 3. The number of benzene rings is 1. The molecule has 1 aliphatic heterocycles. The summed E-state index contributed by atoms with van der Waals surface area (Å²) in [5.41, 5.74) is 0.937. The Balaban J connectivity index is 1.62. The lowest BCUT2D eigenvalue weighted by atomic mass is 10.0. The van der Waals surface area contributed by atoms with Crippen molar-refractivity contribution in [3.8, 4) is 17.5 Å². The van der Waals surface area contributed by atoms with E-state index in [4.69, 9.17) is 20.8 Å². The average molecular weight is 445 g/mol. The molecule has 9 heteroatoms. The van der Waals surface area contributed by atoms with Crippen LogP contribution in [0, 0.1) is 0 Å². The van der Waals surface area contributed by atoms with E-state index in [2.05, 4.69) is 28.8 Å². The predicted molar refractivity (Wildman–Crippen MR) is 115 cm³/mol. The molecule has 3 atom stereocenters. The Hall–Kier alpha value is -2.39. The lowest BCUT2D eigenvalue weighted by molar-refractivity contribution is -0.0764. The van der Waals surface area contributed by atoms with Gasteiger partial charge < -0.3 is 14.3 Å². The minimum absolute atomic E-state index is 0.0667. The molecule has 5 rings (SSSR count). The van der Waals surface area contributed by atoms with Crippen molar-refractivity contribution >= 4 is 27.9 Å². The van der Waals surface area contributed by atoms with Crippen LogP contribution in [-0.2, 0) is 4.74 Å². The molecule has 3 aromatic heterocycles. The Labute approximate surface area is 182 Å². The first-order valence-corrected chi connectivity index (χ1v) is 11.0. The summed E-state index contributed by atoms with van der Waals surface area (Å²) in [5.74, 6) is 1.07. The fraction of sp³-hybridized carbons (Fsp3) is 0.333. The van der Waals surface area contributed by atoms with Gasteiger partial charge in [-0.2, -0.15) is 9.50 Å². The number of fused-ring (bicyclic) bond motifs is 1. The van der Waals surface area contributed by atoms with Crippen molar-refractivity contribution in [2.45, 2.75) is 32.1 Å². The van der Waals surface area contributed by atoms with Gasteiger partial charge in [0.15, 0.2) is 5.76 Å². The Kier molecular flexibility index (Phi) is 5.02. The highest BCUT2D eigenvalue weighted by molar-refractivity contribution is 7.17. The highest BCUT2D eigenvalue weighted by atomic mass is 35.5. The zero-order valence-electron chi connectivity index (χ0n) is 16.5. The van der Waals surface area contributed by atoms with Gasteiger partial charge in [0.1, 0.15) is 0 Å². The third-order valence-electron chi connectivity index (χ3n) is 5.20. The molecule has 4 aromatic rings. The van der Waals surface area contributed by atoms with E-state index >= 15 is 0 Å². The van der Waals surface area contributed by atoms with Crippen LogP contribution in [0.4, 0.5) is 0 Å². The van der Waals surface area contributed by atoms with Crippen LogP contribution in [0.15, 0.2) is 47.1 Å². The molecule has 1 N–H and O–H groups in total. The van der Waals surface area contributed by atoms with Gasteiger partial charge in [0.2, 0.25) is 16.7 Å².